The van der Waals surface area contributed by atoms with Crippen LogP contribution < -0.4 is 10.6 Å². The molecule has 102 valence electrons. The first-order valence-corrected chi connectivity index (χ1v) is 6.89. The van der Waals surface area contributed by atoms with Crippen LogP contribution in [0.2, 0.25) is 10.0 Å². The predicted octanol–water partition coefficient (Wildman–Crippen LogP) is 2.99. The standard InChI is InChI=1S/C13H14Cl2N2O2/c14-9-6-3-7-10(11(9)15)17-13(19)12(18)16-8-4-1-2-5-8/h3,6-8H,1-2,4-5H2,(H,16,18)(H,17,19). The number of carbonyl (C=O) groups excluding carboxylic acids is 2. The number of halogens is 2. The van der Waals surface area contributed by atoms with Crippen molar-refractivity contribution in [3.8, 4) is 0 Å². The van der Waals surface area contributed by atoms with E-state index in [1.165, 1.54) is 0 Å². The lowest BCUT2D eigenvalue weighted by Crippen LogP contribution is -2.40. The quantitative estimate of drug-likeness (QED) is 0.825. The molecule has 4 nitrogen and oxygen atoms in total. The van der Waals surface area contributed by atoms with Gasteiger partial charge in [0.25, 0.3) is 0 Å². The third-order valence-electron chi connectivity index (χ3n) is 3.10. The molecule has 1 aromatic carbocycles. The molecular weight excluding hydrogens is 287 g/mol. The highest BCUT2D eigenvalue weighted by atomic mass is 35.5. The molecule has 6 heteroatoms. The van der Waals surface area contributed by atoms with Crippen molar-refractivity contribution in [3.63, 3.8) is 0 Å². The summed E-state index contributed by atoms with van der Waals surface area (Å²) < 4.78 is 0. The molecule has 0 heterocycles. The molecule has 0 aliphatic heterocycles. The molecule has 0 radical (unpaired) electrons. The molecule has 0 spiro atoms. The van der Waals surface area contributed by atoms with Gasteiger partial charge in [0.05, 0.1) is 15.7 Å². The van der Waals surface area contributed by atoms with Crippen molar-refractivity contribution in [2.45, 2.75) is 31.7 Å². The summed E-state index contributed by atoms with van der Waals surface area (Å²) in [5, 5.41) is 5.72. The molecule has 1 aliphatic carbocycles. The second-order valence-electron chi connectivity index (χ2n) is 4.51. The van der Waals surface area contributed by atoms with Gasteiger partial charge in [-0.1, -0.05) is 42.1 Å². The molecule has 1 saturated carbocycles. The Morgan fingerprint density at radius 1 is 1.11 bits per heavy atom. The number of hydrogen-bond donors (Lipinski definition) is 2. The zero-order chi connectivity index (χ0) is 13.8. The van der Waals surface area contributed by atoms with Crippen molar-refractivity contribution < 1.29 is 9.59 Å². The maximum absolute atomic E-state index is 11.7. The summed E-state index contributed by atoms with van der Waals surface area (Å²) in [6.45, 7) is 0. The van der Waals surface area contributed by atoms with Crippen LogP contribution in [-0.4, -0.2) is 17.9 Å². The van der Waals surface area contributed by atoms with E-state index >= 15 is 0 Å². The molecule has 0 atom stereocenters. The van der Waals surface area contributed by atoms with E-state index in [1.54, 1.807) is 18.2 Å². The van der Waals surface area contributed by atoms with Crippen molar-refractivity contribution in [2.24, 2.45) is 0 Å². The molecule has 1 aromatic rings. The minimum Gasteiger partial charge on any atom is -0.345 e. The monoisotopic (exact) mass is 300 g/mol. The lowest BCUT2D eigenvalue weighted by atomic mass is 10.2. The van der Waals surface area contributed by atoms with Gasteiger partial charge in [0, 0.05) is 6.04 Å². The van der Waals surface area contributed by atoms with Crippen molar-refractivity contribution in [1.29, 1.82) is 0 Å². The van der Waals surface area contributed by atoms with Crippen LogP contribution in [0, 0.1) is 0 Å². The van der Waals surface area contributed by atoms with E-state index in [-0.39, 0.29) is 11.1 Å². The van der Waals surface area contributed by atoms with Crippen LogP contribution in [0.3, 0.4) is 0 Å². The fourth-order valence-electron chi connectivity index (χ4n) is 2.10. The first kappa shape index (κ1) is 14.2. The van der Waals surface area contributed by atoms with Gasteiger partial charge in [-0.2, -0.15) is 0 Å². The summed E-state index contributed by atoms with van der Waals surface area (Å²) in [7, 11) is 0. The van der Waals surface area contributed by atoms with Gasteiger partial charge >= 0.3 is 11.8 Å². The minimum atomic E-state index is -0.726. The molecule has 0 unspecified atom stereocenters. The van der Waals surface area contributed by atoms with E-state index in [1.807, 2.05) is 0 Å². The summed E-state index contributed by atoms with van der Waals surface area (Å²) in [6, 6.07) is 4.96. The third kappa shape index (κ3) is 3.61. The lowest BCUT2D eigenvalue weighted by molar-refractivity contribution is -0.136. The van der Waals surface area contributed by atoms with Crippen LogP contribution in [0.15, 0.2) is 18.2 Å². The highest BCUT2D eigenvalue weighted by molar-refractivity contribution is 6.45. The summed E-state index contributed by atoms with van der Waals surface area (Å²) in [5.41, 5.74) is 0.334. The van der Waals surface area contributed by atoms with E-state index in [0.717, 1.165) is 25.7 Å². The average Bonchev–Trinajstić information content (AvgIpc) is 2.87. The smallest absolute Gasteiger partial charge is 0.313 e. The summed E-state index contributed by atoms with van der Waals surface area (Å²) in [4.78, 5) is 23.4. The number of hydrogen-bond acceptors (Lipinski definition) is 2. The average molecular weight is 301 g/mol. The Hall–Kier alpha value is -1.26. The maximum Gasteiger partial charge on any atom is 0.313 e. The topological polar surface area (TPSA) is 58.2 Å². The molecule has 19 heavy (non-hydrogen) atoms. The molecule has 2 amide bonds. The van der Waals surface area contributed by atoms with Gasteiger partial charge < -0.3 is 10.6 Å². The Labute approximate surface area is 121 Å². The van der Waals surface area contributed by atoms with Gasteiger partial charge in [-0.05, 0) is 25.0 Å². The van der Waals surface area contributed by atoms with E-state index in [9.17, 15) is 9.59 Å². The Morgan fingerprint density at radius 3 is 2.47 bits per heavy atom. The van der Waals surface area contributed by atoms with E-state index in [2.05, 4.69) is 10.6 Å². The van der Waals surface area contributed by atoms with Gasteiger partial charge in [0.1, 0.15) is 0 Å². The Balaban J connectivity index is 1.96. The van der Waals surface area contributed by atoms with Crippen molar-refractivity contribution in [2.75, 3.05) is 5.32 Å². The van der Waals surface area contributed by atoms with Crippen LogP contribution in [0.1, 0.15) is 25.7 Å². The zero-order valence-electron chi connectivity index (χ0n) is 10.2. The Morgan fingerprint density at radius 2 is 1.79 bits per heavy atom. The summed E-state index contributed by atoms with van der Waals surface area (Å²) in [5.74, 6) is -1.36. The number of nitrogens with one attached hydrogen (secondary N) is 2. The first-order chi connectivity index (χ1) is 9.08. The normalized spacial score (nSPS) is 15.3. The van der Waals surface area contributed by atoms with Gasteiger partial charge in [-0.3, -0.25) is 9.59 Å². The molecule has 2 N–H and O–H groups in total. The molecule has 2 rings (SSSR count). The minimum absolute atomic E-state index is 0.105. The number of benzene rings is 1. The van der Waals surface area contributed by atoms with Crippen LogP contribution >= 0.6 is 23.2 Å². The second kappa shape index (κ2) is 6.26. The van der Waals surface area contributed by atoms with Crippen molar-refractivity contribution >= 4 is 40.7 Å². The summed E-state index contributed by atoms with van der Waals surface area (Å²) >= 11 is 11.8. The number of anilines is 1. The van der Waals surface area contributed by atoms with Crippen LogP contribution in [-0.2, 0) is 9.59 Å². The van der Waals surface area contributed by atoms with E-state index in [4.69, 9.17) is 23.2 Å². The fourth-order valence-corrected chi connectivity index (χ4v) is 2.45. The Kier molecular flexibility index (Phi) is 4.66. The molecule has 0 aromatic heterocycles. The van der Waals surface area contributed by atoms with Crippen LogP contribution in [0.25, 0.3) is 0 Å². The highest BCUT2D eigenvalue weighted by Gasteiger charge is 2.22. The summed E-state index contributed by atoms with van der Waals surface area (Å²) in [6.07, 6.45) is 4.03. The number of carbonyl (C=O) groups is 2. The third-order valence-corrected chi connectivity index (χ3v) is 3.92. The first-order valence-electron chi connectivity index (χ1n) is 6.14. The van der Waals surface area contributed by atoms with Crippen LogP contribution in [0.4, 0.5) is 5.69 Å². The molecular formula is C13H14Cl2N2O2. The molecule has 0 bridgehead atoms. The van der Waals surface area contributed by atoms with E-state index in [0.29, 0.717) is 10.7 Å². The fraction of sp³-hybridized carbons (Fsp3) is 0.385. The molecule has 0 saturated heterocycles. The van der Waals surface area contributed by atoms with Crippen molar-refractivity contribution in [3.05, 3.63) is 28.2 Å². The largest absolute Gasteiger partial charge is 0.345 e. The Bertz CT molecular complexity index is 499. The van der Waals surface area contributed by atoms with Crippen molar-refractivity contribution in [1.82, 2.24) is 5.32 Å². The van der Waals surface area contributed by atoms with Gasteiger partial charge in [0.2, 0.25) is 0 Å². The number of rotatable bonds is 2. The molecule has 1 fully saturated rings. The maximum atomic E-state index is 11.7. The van der Waals surface area contributed by atoms with Gasteiger partial charge in [-0.25, -0.2) is 0 Å². The van der Waals surface area contributed by atoms with Gasteiger partial charge in [-0.15, -0.1) is 0 Å². The van der Waals surface area contributed by atoms with Crippen LogP contribution in [0.5, 0.6) is 0 Å². The molecule has 1 aliphatic rings. The SMILES string of the molecule is O=C(Nc1cccc(Cl)c1Cl)C(=O)NC1CCCC1. The lowest BCUT2D eigenvalue weighted by Gasteiger charge is -2.12. The second-order valence-corrected chi connectivity index (χ2v) is 5.30. The van der Waals surface area contributed by atoms with Gasteiger partial charge in [0.15, 0.2) is 0 Å². The zero-order valence-corrected chi connectivity index (χ0v) is 11.7. The predicted molar refractivity (Wildman–Crippen MR) is 75.5 cm³/mol. The number of amides is 2. The highest BCUT2D eigenvalue weighted by Crippen LogP contribution is 2.29. The van der Waals surface area contributed by atoms with E-state index < -0.39 is 11.8 Å².